The van der Waals surface area contributed by atoms with Crippen molar-refractivity contribution in [1.29, 1.82) is 0 Å². The molecule has 0 unspecified atom stereocenters. The molecule has 65 heavy (non-hydrogen) atoms. The first-order valence-electron chi connectivity index (χ1n) is 20.1. The summed E-state index contributed by atoms with van der Waals surface area (Å²) < 4.78 is 44.8. The van der Waals surface area contributed by atoms with Gasteiger partial charge in [0.2, 0.25) is 0 Å². The second-order valence-corrected chi connectivity index (χ2v) is 14.8. The molecule has 6 heterocycles. The number of hydrogen-bond acceptors (Lipinski definition) is 14. The maximum absolute atomic E-state index is 9.20. The summed E-state index contributed by atoms with van der Waals surface area (Å²) in [6.45, 7) is 25.7. The number of ether oxygens (including phenoxy) is 4. The van der Waals surface area contributed by atoms with E-state index in [0.29, 0.717) is 45.7 Å². The third kappa shape index (κ3) is 13.1. The normalized spacial score (nSPS) is 10.4. The van der Waals surface area contributed by atoms with Gasteiger partial charge in [0, 0.05) is 45.4 Å². The SMILES string of the molecule is C=CI.C=COCc1cc(-c2cc(COC=C)oc2COC=C)c(COC=C)o1.Cc1cnc2c(ccc3c(C)c(C)cnc32)c1C.OCc1cc(-c2cc(CO)oc2CO)c(CO)o1. The highest BCUT2D eigenvalue weighted by Crippen LogP contribution is 2.35. The van der Waals surface area contributed by atoms with Gasteiger partial charge in [-0.3, -0.25) is 9.97 Å². The summed E-state index contributed by atoms with van der Waals surface area (Å²) in [5, 5.41) is 38.8. The average molecular weight is 1000 g/mol. The second-order valence-electron chi connectivity index (χ2n) is 13.9. The van der Waals surface area contributed by atoms with Gasteiger partial charge in [-0.25, -0.2) is 0 Å². The molecular weight excluding hydrogens is 947 g/mol. The van der Waals surface area contributed by atoms with Gasteiger partial charge in [-0.05, 0) is 78.3 Å². The van der Waals surface area contributed by atoms with Crippen LogP contribution in [0.2, 0.25) is 0 Å². The zero-order chi connectivity index (χ0) is 47.5. The summed E-state index contributed by atoms with van der Waals surface area (Å²) in [6, 6.07) is 11.2. The molecule has 0 aliphatic carbocycles. The lowest BCUT2D eigenvalue weighted by Crippen LogP contribution is -1.93. The molecule has 4 N–H and O–H groups in total. The number of aliphatic hydroxyl groups is 4. The van der Waals surface area contributed by atoms with Crippen molar-refractivity contribution < 1.29 is 57.0 Å². The molecule has 0 radical (unpaired) electrons. The molecule has 0 aliphatic rings. The van der Waals surface area contributed by atoms with Crippen LogP contribution >= 0.6 is 22.6 Å². The fourth-order valence-corrected chi connectivity index (χ4v) is 6.53. The van der Waals surface area contributed by atoms with Gasteiger partial charge < -0.3 is 57.0 Å². The summed E-state index contributed by atoms with van der Waals surface area (Å²) in [5.41, 5.74) is 9.76. The van der Waals surface area contributed by atoms with Gasteiger partial charge in [-0.15, -0.1) is 0 Å². The Labute approximate surface area is 391 Å². The number of furan rings is 4. The Kier molecular flexibility index (Phi) is 20.4. The summed E-state index contributed by atoms with van der Waals surface area (Å²) in [4.78, 5) is 9.16. The van der Waals surface area contributed by atoms with Crippen LogP contribution in [0.4, 0.5) is 0 Å². The van der Waals surface area contributed by atoms with Crippen LogP contribution < -0.4 is 0 Å². The van der Waals surface area contributed by atoms with Gasteiger partial charge in [0.1, 0.15) is 98.9 Å². The molecule has 344 valence electrons. The van der Waals surface area contributed by atoms with Crippen molar-refractivity contribution >= 4 is 44.4 Å². The van der Waals surface area contributed by atoms with E-state index in [1.54, 1.807) is 16.2 Å². The highest BCUT2D eigenvalue weighted by Gasteiger charge is 2.22. The lowest BCUT2D eigenvalue weighted by molar-refractivity contribution is 0.184. The van der Waals surface area contributed by atoms with Crippen LogP contribution in [0.1, 0.15) is 68.3 Å². The van der Waals surface area contributed by atoms with E-state index in [2.05, 4.69) is 105 Å². The lowest BCUT2D eigenvalue weighted by atomic mass is 10.0. The second kappa shape index (κ2) is 25.8. The van der Waals surface area contributed by atoms with Crippen molar-refractivity contribution in [2.24, 2.45) is 0 Å². The van der Waals surface area contributed by atoms with Crippen LogP contribution in [0.5, 0.6) is 0 Å². The average Bonchev–Trinajstić information content (AvgIpc) is 4.13. The molecule has 0 bridgehead atoms. The number of benzene rings is 1. The van der Waals surface area contributed by atoms with E-state index in [9.17, 15) is 10.2 Å². The van der Waals surface area contributed by atoms with Gasteiger partial charge in [-0.1, -0.05) is 67.6 Å². The number of nitrogens with zero attached hydrogens (tertiary/aromatic N) is 2. The number of hydrogen-bond donors (Lipinski definition) is 4. The molecule has 0 atom stereocenters. The van der Waals surface area contributed by atoms with Crippen LogP contribution in [0.15, 0.2) is 128 Å². The molecule has 7 rings (SSSR count). The predicted octanol–water partition coefficient (Wildman–Crippen LogP) is 11.3. The number of rotatable bonds is 18. The summed E-state index contributed by atoms with van der Waals surface area (Å²) in [7, 11) is 0. The van der Waals surface area contributed by atoms with Gasteiger partial charge in [0.15, 0.2) is 0 Å². The highest BCUT2D eigenvalue weighted by atomic mass is 127. The van der Waals surface area contributed by atoms with Crippen LogP contribution in [0, 0.1) is 27.7 Å². The van der Waals surface area contributed by atoms with E-state index in [1.165, 1.54) is 58.1 Å². The molecule has 0 amide bonds. The number of aliphatic hydroxyl groups excluding tert-OH is 4. The Morgan fingerprint density at radius 3 is 1.12 bits per heavy atom. The first kappa shape index (κ1) is 51.3. The number of aromatic nitrogens is 2. The van der Waals surface area contributed by atoms with Crippen LogP contribution in [-0.2, 0) is 71.8 Å². The van der Waals surface area contributed by atoms with Gasteiger partial charge in [0.25, 0.3) is 0 Å². The first-order valence-corrected chi connectivity index (χ1v) is 21.3. The number of fused-ring (bicyclic) bond motifs is 3. The Morgan fingerprint density at radius 1 is 0.492 bits per heavy atom. The first-order chi connectivity index (χ1) is 31.5. The molecule has 0 fully saturated rings. The van der Waals surface area contributed by atoms with Crippen molar-refractivity contribution in [3.8, 4) is 22.3 Å². The topological polar surface area (TPSA) is 196 Å². The Hall–Kier alpha value is -6.37. The molecular formula is C50H55IN2O12. The number of aryl methyl sites for hydroxylation is 4. The maximum Gasteiger partial charge on any atom is 0.149 e. The molecule has 1 aromatic carbocycles. The third-order valence-electron chi connectivity index (χ3n) is 9.89. The maximum atomic E-state index is 9.20. The zero-order valence-electron chi connectivity index (χ0n) is 37.0. The molecule has 6 aromatic heterocycles. The minimum Gasteiger partial charge on any atom is -0.494 e. The van der Waals surface area contributed by atoms with Crippen LogP contribution in [0.25, 0.3) is 44.1 Å². The fraction of sp³-hybridized carbons (Fsp3) is 0.240. The summed E-state index contributed by atoms with van der Waals surface area (Å²) in [5.74, 6) is 3.66. The van der Waals surface area contributed by atoms with E-state index in [0.717, 1.165) is 22.2 Å². The van der Waals surface area contributed by atoms with E-state index < -0.39 is 0 Å². The van der Waals surface area contributed by atoms with Gasteiger partial charge in [-0.2, -0.15) is 0 Å². The molecule has 0 saturated carbocycles. The fourth-order valence-electron chi connectivity index (χ4n) is 6.53. The molecule has 0 spiro atoms. The molecule has 0 aliphatic heterocycles. The van der Waals surface area contributed by atoms with Gasteiger partial charge >= 0.3 is 0 Å². The lowest BCUT2D eigenvalue weighted by Gasteiger charge is -2.10. The van der Waals surface area contributed by atoms with Gasteiger partial charge in [0.05, 0.1) is 36.1 Å². The minimum atomic E-state index is -0.333. The monoisotopic (exact) mass is 1000 g/mol. The highest BCUT2D eigenvalue weighted by molar-refractivity contribution is 14.1. The molecule has 14 nitrogen and oxygen atoms in total. The summed E-state index contributed by atoms with van der Waals surface area (Å²) in [6.07, 6.45) is 9.30. The van der Waals surface area contributed by atoms with E-state index in [4.69, 9.17) is 46.8 Å². The number of pyridine rings is 2. The minimum absolute atomic E-state index is 0.221. The van der Waals surface area contributed by atoms with Crippen molar-refractivity contribution in [1.82, 2.24) is 9.97 Å². The zero-order valence-corrected chi connectivity index (χ0v) is 39.2. The number of halogens is 1. The Bertz CT molecular complexity index is 2510. The molecule has 0 saturated heterocycles. The van der Waals surface area contributed by atoms with Crippen molar-refractivity contribution in [2.45, 2.75) is 80.6 Å². The molecule has 7 aromatic rings. The largest absolute Gasteiger partial charge is 0.494 e. The predicted molar refractivity (Wildman–Crippen MR) is 257 cm³/mol. The Morgan fingerprint density at radius 2 is 0.800 bits per heavy atom. The smallest absolute Gasteiger partial charge is 0.149 e. The van der Waals surface area contributed by atoms with Crippen LogP contribution in [0.3, 0.4) is 0 Å². The van der Waals surface area contributed by atoms with Crippen molar-refractivity contribution in [3.63, 3.8) is 0 Å². The van der Waals surface area contributed by atoms with E-state index in [-0.39, 0.29) is 64.4 Å². The van der Waals surface area contributed by atoms with Crippen LogP contribution in [-0.4, -0.2) is 30.4 Å². The standard InChI is InChI=1S/C20H22O6.C16H16N2.C12H14O6.C2H3I/c1-5-21-11-15-9-17(19(25-15)13-23-7-3)18-10-16(12-22-6-2)26-20(18)14-24-8-4;1-9-7-17-15-13(11(9)3)5-6-14-12(4)10(2)8-18-16(14)15;13-3-7-1-9(11(5-15)17-7)10-2-8(4-14)18-12(10)6-16;1-2-3/h5-10H,1-4,11-14H2;5-8H,1-4H3;1-2,13-16H,3-6H2;2H,1H2. The van der Waals surface area contributed by atoms with Crippen molar-refractivity contribution in [3.05, 3.63) is 179 Å². The van der Waals surface area contributed by atoms with E-state index in [1.807, 2.05) is 24.5 Å². The Balaban J connectivity index is 0.000000211. The third-order valence-corrected chi connectivity index (χ3v) is 9.89. The quantitative estimate of drug-likeness (QED) is 0.0360. The molecule has 15 heteroatoms. The van der Waals surface area contributed by atoms with E-state index >= 15 is 0 Å². The van der Waals surface area contributed by atoms with Crippen molar-refractivity contribution in [2.75, 3.05) is 0 Å². The summed E-state index contributed by atoms with van der Waals surface area (Å²) >= 11 is 2.05.